The van der Waals surface area contributed by atoms with Gasteiger partial charge in [-0.05, 0) is 93.5 Å². The van der Waals surface area contributed by atoms with Crippen molar-refractivity contribution in [3.63, 3.8) is 0 Å². The smallest absolute Gasteiger partial charge is 0.142 e. The molecule has 0 saturated carbocycles. The van der Waals surface area contributed by atoms with Gasteiger partial charge >= 0.3 is 0 Å². The van der Waals surface area contributed by atoms with Crippen LogP contribution in [0.4, 0.5) is 11.4 Å². The second kappa shape index (κ2) is 53.5. The Morgan fingerprint density at radius 2 is 0.847 bits per heavy atom. The SMILES string of the molecule is BrCCCCCCOCCCCc1ccccc1.C.C1=NC(CN2CCOc3ccc(NCCCCCCOCCCCc4ccccc4)cc32)=CC1.[B][B]B(B([B])[B])B(B(B([B])[B])B([B])[B])B(B(B(B([B])[B])B([B])[B])B(B([B])[B])B([B])[B])B(B(B([B])[B])B([B])[B])B(B([B])[B])B([B])[B]. The third-order valence-electron chi connectivity index (χ3n) is 18.5. The number of ether oxygens (including phenoxy) is 3. The molecule has 52 heteroatoms. The van der Waals surface area contributed by atoms with Gasteiger partial charge in [0.2, 0.25) is 0 Å². The van der Waals surface area contributed by atoms with E-state index in [2.05, 4.69) is 116 Å². The van der Waals surface area contributed by atoms with E-state index >= 15 is 0 Å². The van der Waals surface area contributed by atoms with Gasteiger partial charge in [-0.2, -0.15) is 0 Å². The van der Waals surface area contributed by atoms with Crippen LogP contribution in [-0.2, 0) is 22.3 Å². The Balaban J connectivity index is 0.000000539. The maximum absolute atomic E-state index is 6.35. The highest BCUT2D eigenvalue weighted by Gasteiger charge is 2.58. The summed E-state index contributed by atoms with van der Waals surface area (Å²) in [7, 11) is 147. The van der Waals surface area contributed by atoms with Gasteiger partial charge in [-0.25, -0.2) is 0 Å². The van der Waals surface area contributed by atoms with Crippen molar-refractivity contribution in [1.29, 1.82) is 0 Å². The number of fused-ring (bicyclic) bond motifs is 1. The van der Waals surface area contributed by atoms with Gasteiger partial charge in [0.05, 0.1) is 24.5 Å². The summed E-state index contributed by atoms with van der Waals surface area (Å²) in [5.74, 6) is 0.972. The second-order valence-electron chi connectivity index (χ2n) is 26.1. The third kappa shape index (κ3) is 34.1. The number of anilines is 2. The number of alkyl halides is 1. The van der Waals surface area contributed by atoms with Gasteiger partial charge in [-0.1, -0.05) is 116 Å². The fourth-order valence-corrected chi connectivity index (χ4v) is 14.2. The Labute approximate surface area is 645 Å². The van der Waals surface area contributed by atoms with E-state index < -0.39 is 134 Å². The Bertz CT molecular complexity index is 2430. The highest BCUT2D eigenvalue weighted by Crippen LogP contribution is 2.35. The van der Waals surface area contributed by atoms with E-state index in [9.17, 15) is 0 Å². The van der Waals surface area contributed by atoms with E-state index in [4.69, 9.17) is 192 Å². The first-order valence-electron chi connectivity index (χ1n) is 34.7. The molecule has 0 atom stereocenters. The van der Waals surface area contributed by atoms with E-state index in [1.807, 2.05) is 6.21 Å². The van der Waals surface area contributed by atoms with Crippen molar-refractivity contribution in [1.82, 2.24) is 0 Å². The zero-order valence-electron chi connectivity index (χ0n) is 57.6. The molecular formula is C46H68B45BrN3O3. The van der Waals surface area contributed by atoms with Crippen LogP contribution in [0.1, 0.15) is 102 Å². The van der Waals surface area contributed by atoms with Gasteiger partial charge in [0, 0.05) is 376 Å². The lowest BCUT2D eigenvalue weighted by molar-refractivity contribution is 0.126. The number of hydrogen-bond donors (Lipinski definition) is 1. The molecule has 0 spiro atoms. The number of aliphatic imine (C=N–C) groups is 1. The molecular weight excluding hydrogens is 1210 g/mol. The Morgan fingerprint density at radius 3 is 1.22 bits per heavy atom. The summed E-state index contributed by atoms with van der Waals surface area (Å²) in [6.45, 7) is 7.11. The van der Waals surface area contributed by atoms with Crippen molar-refractivity contribution in [2.24, 2.45) is 4.99 Å². The van der Waals surface area contributed by atoms with Crippen molar-refractivity contribution in [3.05, 3.63) is 102 Å². The van der Waals surface area contributed by atoms with E-state index in [0.717, 1.165) is 101 Å². The van der Waals surface area contributed by atoms with Crippen molar-refractivity contribution in [2.45, 2.75) is 104 Å². The normalized spacial score (nSPS) is 11.4. The standard InChI is InChI=1S/C29H39N3O2.C16H25BrO.CH4.B45/c1(2-8-20-33-21-9-6-13-25-11-4-3-5-12-25)7-17-30-26-15-16-29-28(23-26)32(19-22-34-29)24-27-14-10-18-31-27;17-13-7-1-2-8-14-18-15-9-6-12-16-10-4-3-5-11-16;;1-24-36(25(2)3)42(37(26(4)5)27(6)7)45(43(38(28(8)9)29(10)11)39(30(12)13)31(14)15)44(40(32(16)17)33(18)19)41(34(20)21)35(22)23/h3-5,11-12,14-16,18,23,30H,1-2,6-10,13,17,19-22,24H2;3-5,10-11H,1-2,6-9,12-15H2;1H4;. The minimum Gasteiger partial charge on any atom is -0.490 e. The van der Waals surface area contributed by atoms with Crippen molar-refractivity contribution in [3.8, 4) is 5.75 Å². The number of aryl methyl sites for hydroxylation is 2. The molecule has 3 aromatic rings. The monoisotopic (exact) mass is 1280 g/mol. The van der Waals surface area contributed by atoms with E-state index in [1.54, 1.807) is 0 Å². The van der Waals surface area contributed by atoms with Crippen LogP contribution < -0.4 is 15.0 Å². The van der Waals surface area contributed by atoms with Crippen molar-refractivity contribution < 1.29 is 14.2 Å². The van der Waals surface area contributed by atoms with Gasteiger partial charge in [0.15, 0.2) is 0 Å². The molecule has 0 aromatic heterocycles. The molecule has 0 aliphatic carbocycles. The highest BCUT2D eigenvalue weighted by molar-refractivity contribution is 9.09. The minimum absolute atomic E-state index is 0. The Kier molecular flexibility index (Phi) is 51.3. The van der Waals surface area contributed by atoms with Crippen LogP contribution in [0.25, 0.3) is 0 Å². The zero-order valence-corrected chi connectivity index (χ0v) is 59.2. The van der Waals surface area contributed by atoms with Gasteiger partial charge in [-0.15, -0.1) is 0 Å². The fourth-order valence-electron chi connectivity index (χ4n) is 13.8. The topological polar surface area (TPSA) is 55.3 Å². The predicted molar refractivity (Wildman–Crippen MR) is 491 cm³/mol. The molecule has 47 radical (unpaired) electrons. The van der Waals surface area contributed by atoms with Gasteiger partial charge in [0.1, 0.15) is 12.4 Å². The molecule has 3 aromatic carbocycles. The van der Waals surface area contributed by atoms with Gasteiger partial charge in [-0.3, -0.25) is 4.99 Å². The number of benzene rings is 3. The first kappa shape index (κ1) is 93.9. The molecule has 2 aliphatic heterocycles. The molecule has 2 aliphatic rings. The number of allylic oxidation sites excluding steroid dienone is 1. The number of hydrogen-bond acceptors (Lipinski definition) is 6. The van der Waals surface area contributed by atoms with Crippen LogP contribution >= 0.6 is 15.9 Å². The van der Waals surface area contributed by atoms with E-state index in [0.29, 0.717) is 0 Å². The molecule has 0 fully saturated rings. The molecule has 5 rings (SSSR count). The summed E-state index contributed by atoms with van der Waals surface area (Å²) >= 11 is 3.45. The Morgan fingerprint density at radius 1 is 0.459 bits per heavy atom. The average Bonchev–Trinajstić information content (AvgIpc) is 0.788. The zero-order chi connectivity index (χ0) is 72.0. The summed E-state index contributed by atoms with van der Waals surface area (Å²) < 4.78 is 17.3. The number of rotatable bonds is 47. The van der Waals surface area contributed by atoms with Gasteiger partial charge in [0.25, 0.3) is 0 Å². The summed E-state index contributed by atoms with van der Waals surface area (Å²) in [5.41, 5.74) is 6.35. The first-order chi connectivity index (χ1) is 46.3. The third-order valence-corrected chi connectivity index (χ3v) is 19.1. The maximum Gasteiger partial charge on any atom is 0.142 e. The summed E-state index contributed by atoms with van der Waals surface area (Å²) in [5, 5.41) is 4.72. The lowest BCUT2D eigenvalue weighted by atomic mass is 8.26. The minimum atomic E-state index is -1.27. The van der Waals surface area contributed by atoms with Crippen LogP contribution in [0.2, 0.25) is 0 Å². The molecule has 6 nitrogen and oxygen atoms in total. The molecule has 98 heavy (non-hydrogen) atoms. The number of halogens is 1. The van der Waals surface area contributed by atoms with Crippen molar-refractivity contribution >= 4 is 353 Å². The van der Waals surface area contributed by atoms with Crippen LogP contribution in [0.5, 0.6) is 5.75 Å². The maximum atomic E-state index is 6.35. The summed E-state index contributed by atoms with van der Waals surface area (Å²) in [6, 6.07) is 27.8. The molecule has 0 saturated heterocycles. The molecule has 0 bridgehead atoms. The second-order valence-corrected chi connectivity index (χ2v) is 26.9. The molecule has 0 unspecified atom stereocenters. The molecule has 427 valence electrons. The summed E-state index contributed by atoms with van der Waals surface area (Å²) in [6.07, 6.45) is -2.80. The lowest BCUT2D eigenvalue weighted by Crippen LogP contribution is -2.94. The number of nitrogens with one attached hydrogen (secondary N) is 1. The van der Waals surface area contributed by atoms with Crippen LogP contribution in [0.3, 0.4) is 0 Å². The number of nitrogens with zero attached hydrogens (tertiary/aromatic N) is 2. The van der Waals surface area contributed by atoms with Gasteiger partial charge < -0.3 is 24.4 Å². The first-order valence-corrected chi connectivity index (χ1v) is 35.9. The van der Waals surface area contributed by atoms with Crippen LogP contribution in [0, 0.1) is 0 Å². The van der Waals surface area contributed by atoms with Crippen LogP contribution in [0.15, 0.2) is 95.6 Å². The average molecular weight is 1280 g/mol. The number of unbranched alkanes of at least 4 members (excludes halogenated alkanes) is 8. The van der Waals surface area contributed by atoms with E-state index in [1.165, 1.54) is 94.5 Å². The Hall–Kier alpha value is -0.208. The molecule has 1 N–H and O–H groups in total. The summed E-state index contributed by atoms with van der Waals surface area (Å²) in [4.78, 5) is 6.85. The van der Waals surface area contributed by atoms with E-state index in [-0.39, 0.29) is 7.43 Å². The van der Waals surface area contributed by atoms with Crippen molar-refractivity contribution in [2.75, 3.05) is 68.2 Å². The molecule has 0 amide bonds. The van der Waals surface area contributed by atoms with Crippen LogP contribution in [-0.4, -0.2) is 383 Å². The largest absolute Gasteiger partial charge is 0.490 e. The molecule has 2 heterocycles. The quantitative estimate of drug-likeness (QED) is 0.0349. The predicted octanol–water partition coefficient (Wildman–Crippen LogP) is -5.26. The lowest BCUT2D eigenvalue weighted by Gasteiger charge is -2.56. The fraction of sp³-hybridized carbons (Fsp3) is 0.543. The highest BCUT2D eigenvalue weighted by atomic mass is 79.9.